The van der Waals surface area contributed by atoms with E-state index in [2.05, 4.69) is 48.2 Å². The standard InChI is InChI=1S/C24H25NO2/c1-15-6-10-18(11-7-15)25-22-5-3-2-4-19-20-12-16(14-26)8-9-17(20)13-21(23(19)22)24(25)27/h6-12,14,19,21-23H,2-5,13H2,1H3. The molecule has 138 valence electrons. The molecule has 2 aromatic rings. The normalized spacial score (nSPS) is 29.1. The first-order valence-electron chi connectivity index (χ1n) is 10.1. The summed E-state index contributed by atoms with van der Waals surface area (Å²) in [6.07, 6.45) is 6.34. The summed E-state index contributed by atoms with van der Waals surface area (Å²) in [5.74, 6) is 1.14. The van der Waals surface area contributed by atoms with Gasteiger partial charge in [-0.15, -0.1) is 0 Å². The van der Waals surface area contributed by atoms with Crippen molar-refractivity contribution in [3.8, 4) is 0 Å². The first-order chi connectivity index (χ1) is 13.2. The van der Waals surface area contributed by atoms with Crippen molar-refractivity contribution in [3.05, 3.63) is 64.7 Å². The summed E-state index contributed by atoms with van der Waals surface area (Å²) < 4.78 is 0. The average Bonchev–Trinajstić information content (AvgIpc) is 2.84. The van der Waals surface area contributed by atoms with Crippen molar-refractivity contribution < 1.29 is 9.59 Å². The van der Waals surface area contributed by atoms with Crippen LogP contribution in [0.2, 0.25) is 0 Å². The molecule has 0 N–H and O–H groups in total. The number of nitrogens with zero attached hydrogens (tertiary/aromatic N) is 1. The molecular weight excluding hydrogens is 334 g/mol. The molecule has 0 aromatic heterocycles. The van der Waals surface area contributed by atoms with Crippen molar-refractivity contribution in [1.82, 2.24) is 0 Å². The fraction of sp³-hybridized carbons (Fsp3) is 0.417. The van der Waals surface area contributed by atoms with E-state index < -0.39 is 0 Å². The zero-order valence-corrected chi connectivity index (χ0v) is 15.7. The third kappa shape index (κ3) is 2.55. The Morgan fingerprint density at radius 3 is 2.56 bits per heavy atom. The topological polar surface area (TPSA) is 37.4 Å². The van der Waals surface area contributed by atoms with Gasteiger partial charge in [0.25, 0.3) is 0 Å². The molecule has 1 heterocycles. The van der Waals surface area contributed by atoms with Crippen LogP contribution in [-0.4, -0.2) is 18.2 Å². The van der Waals surface area contributed by atoms with Gasteiger partial charge in [-0.1, -0.05) is 42.7 Å². The van der Waals surface area contributed by atoms with Crippen LogP contribution >= 0.6 is 0 Å². The summed E-state index contributed by atoms with van der Waals surface area (Å²) in [7, 11) is 0. The van der Waals surface area contributed by atoms with E-state index in [-0.39, 0.29) is 12.0 Å². The zero-order chi connectivity index (χ0) is 18.5. The lowest BCUT2D eigenvalue weighted by molar-refractivity contribution is -0.121. The lowest BCUT2D eigenvalue weighted by atomic mass is 9.67. The van der Waals surface area contributed by atoms with E-state index in [1.54, 1.807) is 0 Å². The zero-order valence-electron chi connectivity index (χ0n) is 15.7. The number of hydrogen-bond acceptors (Lipinski definition) is 2. The van der Waals surface area contributed by atoms with Crippen LogP contribution in [0.15, 0.2) is 42.5 Å². The van der Waals surface area contributed by atoms with Crippen molar-refractivity contribution in [2.75, 3.05) is 4.90 Å². The molecule has 27 heavy (non-hydrogen) atoms. The van der Waals surface area contributed by atoms with Crippen molar-refractivity contribution in [3.63, 3.8) is 0 Å². The molecule has 1 saturated heterocycles. The minimum absolute atomic E-state index is 0.0778. The summed E-state index contributed by atoms with van der Waals surface area (Å²) >= 11 is 0. The molecule has 0 spiro atoms. The molecule has 5 rings (SSSR count). The highest BCUT2D eigenvalue weighted by Gasteiger charge is 2.54. The van der Waals surface area contributed by atoms with Crippen molar-refractivity contribution >= 4 is 17.9 Å². The Balaban J connectivity index is 1.61. The predicted octanol–water partition coefficient (Wildman–Crippen LogP) is 4.67. The molecule has 4 atom stereocenters. The number of rotatable bonds is 2. The number of fused-ring (bicyclic) bond motifs is 2. The highest BCUT2D eigenvalue weighted by Crippen LogP contribution is 2.53. The molecule has 3 heteroatoms. The fourth-order valence-electron chi connectivity index (χ4n) is 5.79. The maximum Gasteiger partial charge on any atom is 0.231 e. The van der Waals surface area contributed by atoms with E-state index in [0.29, 0.717) is 17.7 Å². The minimum Gasteiger partial charge on any atom is -0.309 e. The predicted molar refractivity (Wildman–Crippen MR) is 106 cm³/mol. The Morgan fingerprint density at radius 1 is 1.00 bits per heavy atom. The van der Waals surface area contributed by atoms with Crippen LogP contribution in [0.1, 0.15) is 58.6 Å². The Morgan fingerprint density at radius 2 is 1.78 bits per heavy atom. The van der Waals surface area contributed by atoms with Gasteiger partial charge in [0.1, 0.15) is 6.29 Å². The van der Waals surface area contributed by atoms with E-state index in [9.17, 15) is 9.59 Å². The van der Waals surface area contributed by atoms with Crippen LogP contribution in [-0.2, 0) is 11.2 Å². The van der Waals surface area contributed by atoms with Crippen LogP contribution in [0, 0.1) is 18.8 Å². The molecule has 2 aliphatic carbocycles. The molecular formula is C24H25NO2. The molecule has 3 nitrogen and oxygen atoms in total. The summed E-state index contributed by atoms with van der Waals surface area (Å²) in [4.78, 5) is 26.9. The molecule has 4 unspecified atom stereocenters. The number of aryl methyl sites for hydroxylation is 1. The molecule has 1 amide bonds. The van der Waals surface area contributed by atoms with Gasteiger partial charge in [0.05, 0.1) is 0 Å². The quantitative estimate of drug-likeness (QED) is 0.731. The van der Waals surface area contributed by atoms with Crippen LogP contribution in [0.25, 0.3) is 0 Å². The Labute approximate surface area is 160 Å². The van der Waals surface area contributed by atoms with Gasteiger partial charge in [0, 0.05) is 23.2 Å². The van der Waals surface area contributed by atoms with Crippen molar-refractivity contribution in [2.45, 2.75) is 51.0 Å². The van der Waals surface area contributed by atoms with Crippen LogP contribution in [0.4, 0.5) is 5.69 Å². The van der Waals surface area contributed by atoms with E-state index >= 15 is 0 Å². The molecule has 2 aromatic carbocycles. The molecule has 3 aliphatic rings. The van der Waals surface area contributed by atoms with Gasteiger partial charge in [-0.05, 0) is 67.3 Å². The Hall–Kier alpha value is -2.42. The van der Waals surface area contributed by atoms with E-state index in [1.807, 2.05) is 6.07 Å². The molecule has 2 fully saturated rings. The van der Waals surface area contributed by atoms with Gasteiger partial charge in [-0.2, -0.15) is 0 Å². The average molecular weight is 359 g/mol. The van der Waals surface area contributed by atoms with Crippen molar-refractivity contribution in [1.29, 1.82) is 0 Å². The van der Waals surface area contributed by atoms with Gasteiger partial charge in [0.2, 0.25) is 5.91 Å². The number of amides is 1. The lowest BCUT2D eigenvalue weighted by Gasteiger charge is -2.36. The second kappa shape index (κ2) is 6.33. The SMILES string of the molecule is Cc1ccc(N2C(=O)C3Cc4ccc(C=O)cc4C4CCCCC2C34)cc1. The van der Waals surface area contributed by atoms with Crippen LogP contribution < -0.4 is 4.90 Å². The minimum atomic E-state index is 0.0778. The number of carbonyl (C=O) groups is 2. The van der Waals surface area contributed by atoms with Gasteiger partial charge < -0.3 is 4.90 Å². The van der Waals surface area contributed by atoms with E-state index in [0.717, 1.165) is 36.8 Å². The van der Waals surface area contributed by atoms with Crippen LogP contribution in [0.3, 0.4) is 0 Å². The summed E-state index contributed by atoms with van der Waals surface area (Å²) in [5, 5.41) is 0. The van der Waals surface area contributed by atoms with E-state index in [1.165, 1.54) is 29.5 Å². The number of benzene rings is 2. The molecule has 0 bridgehead atoms. The Kier molecular flexibility index (Phi) is 3.92. The highest BCUT2D eigenvalue weighted by atomic mass is 16.2. The molecule has 1 saturated carbocycles. The van der Waals surface area contributed by atoms with E-state index in [4.69, 9.17) is 0 Å². The van der Waals surface area contributed by atoms with Crippen LogP contribution in [0.5, 0.6) is 0 Å². The Bertz CT molecular complexity index is 901. The highest BCUT2D eigenvalue weighted by molar-refractivity contribution is 5.99. The largest absolute Gasteiger partial charge is 0.309 e. The second-order valence-corrected chi connectivity index (χ2v) is 8.47. The summed E-state index contributed by atoms with van der Waals surface area (Å²) in [5.41, 5.74) is 5.62. The monoisotopic (exact) mass is 359 g/mol. The van der Waals surface area contributed by atoms with Gasteiger partial charge >= 0.3 is 0 Å². The number of aldehydes is 1. The van der Waals surface area contributed by atoms with Gasteiger partial charge in [-0.3, -0.25) is 9.59 Å². The third-order valence-electron chi connectivity index (χ3n) is 6.98. The van der Waals surface area contributed by atoms with Gasteiger partial charge in [0.15, 0.2) is 0 Å². The first kappa shape index (κ1) is 16.7. The summed E-state index contributed by atoms with van der Waals surface area (Å²) in [6, 6.07) is 14.8. The maximum atomic E-state index is 13.5. The first-order valence-corrected chi connectivity index (χ1v) is 10.1. The lowest BCUT2D eigenvalue weighted by Crippen LogP contribution is -2.36. The summed E-state index contributed by atoms with van der Waals surface area (Å²) in [6.45, 7) is 2.08. The fourth-order valence-corrected chi connectivity index (χ4v) is 5.79. The molecule has 0 radical (unpaired) electrons. The number of carbonyl (C=O) groups excluding carboxylic acids is 2. The second-order valence-electron chi connectivity index (χ2n) is 8.47. The maximum absolute atomic E-state index is 13.5. The third-order valence-corrected chi connectivity index (χ3v) is 6.98. The molecule has 1 aliphatic heterocycles. The smallest absolute Gasteiger partial charge is 0.231 e. The van der Waals surface area contributed by atoms with Crippen molar-refractivity contribution in [2.24, 2.45) is 11.8 Å². The number of hydrogen-bond donors (Lipinski definition) is 0. The van der Waals surface area contributed by atoms with Gasteiger partial charge in [-0.25, -0.2) is 0 Å². The number of anilines is 1.